The molecule has 0 radical (unpaired) electrons. The lowest BCUT2D eigenvalue weighted by atomic mass is 10.1. The molecule has 1 fully saturated rings. The Balaban J connectivity index is 2.05. The molecule has 0 aromatic heterocycles. The third kappa shape index (κ3) is 3.93. The van der Waals surface area contributed by atoms with E-state index in [-0.39, 0.29) is 11.6 Å². The number of aliphatic hydroxyl groups excluding tert-OH is 1. The van der Waals surface area contributed by atoms with Crippen molar-refractivity contribution in [3.63, 3.8) is 0 Å². The minimum atomic E-state index is -2.82. The van der Waals surface area contributed by atoms with Crippen LogP contribution in [0, 0.1) is 0 Å². The first-order valence-electron chi connectivity index (χ1n) is 9.49. The molecule has 0 aliphatic carbocycles. The first kappa shape index (κ1) is 21.1. The maximum Gasteiger partial charge on any atom is 0.335 e. The number of cyclic esters (lactones) is 1. The molecule has 1 N–H and O–H groups in total. The zero-order valence-electron chi connectivity index (χ0n) is 16.7. The van der Waals surface area contributed by atoms with Crippen molar-refractivity contribution >= 4 is 24.7 Å². The van der Waals surface area contributed by atoms with E-state index in [4.69, 9.17) is 14.7 Å². The Labute approximate surface area is 171 Å². The van der Waals surface area contributed by atoms with Crippen LogP contribution in [0.25, 0.3) is 10.4 Å². The second-order valence-electron chi connectivity index (χ2n) is 8.09. The smallest absolute Gasteiger partial charge is 0.335 e. The number of aliphatic hydroxyl groups is 1. The average molecular weight is 412 g/mol. The number of esters is 1. The Kier molecular flexibility index (Phi) is 6.09. The molecule has 8 heteroatoms. The number of carbonyl (C=O) groups excluding carboxylic acids is 1. The standard InChI is InChI=1S/C21H25N3O4Si/c1-21(2,3)29(15-10-6-4-7-11-15,16-12-8-5-9-13-16)27-14-17-18(23-24-22)19(25)20(26)28-17/h4-13,17-19,25H,14H2,1-3H3/t17-,18-,19-/m1/s1. The van der Waals surface area contributed by atoms with E-state index in [1.807, 2.05) is 36.4 Å². The maximum absolute atomic E-state index is 11.8. The number of hydrogen-bond acceptors (Lipinski definition) is 5. The summed E-state index contributed by atoms with van der Waals surface area (Å²) in [5, 5.41) is 15.5. The number of nitrogens with zero attached hydrogens (tertiary/aromatic N) is 3. The van der Waals surface area contributed by atoms with E-state index in [2.05, 4.69) is 55.1 Å². The maximum atomic E-state index is 11.8. The van der Waals surface area contributed by atoms with E-state index < -0.39 is 32.5 Å². The van der Waals surface area contributed by atoms with Crippen molar-refractivity contribution in [3.8, 4) is 0 Å². The van der Waals surface area contributed by atoms with Gasteiger partial charge in [-0.25, -0.2) is 4.79 Å². The Hall–Kier alpha value is -2.64. The van der Waals surface area contributed by atoms with Crippen molar-refractivity contribution in [1.29, 1.82) is 0 Å². The Morgan fingerprint density at radius 1 is 1.10 bits per heavy atom. The molecular formula is C21H25N3O4Si. The van der Waals surface area contributed by atoms with Gasteiger partial charge in [0.2, 0.25) is 0 Å². The van der Waals surface area contributed by atoms with Crippen LogP contribution < -0.4 is 10.4 Å². The van der Waals surface area contributed by atoms with Crippen LogP contribution in [0.5, 0.6) is 0 Å². The molecule has 0 amide bonds. The van der Waals surface area contributed by atoms with Crippen LogP contribution in [-0.4, -0.2) is 44.2 Å². The lowest BCUT2D eigenvalue weighted by molar-refractivity contribution is -0.148. The van der Waals surface area contributed by atoms with Crippen LogP contribution in [0.3, 0.4) is 0 Å². The molecule has 3 rings (SSSR count). The Bertz CT molecular complexity index is 856. The van der Waals surface area contributed by atoms with Crippen LogP contribution in [0.15, 0.2) is 65.8 Å². The fourth-order valence-electron chi connectivity index (χ4n) is 3.93. The lowest BCUT2D eigenvalue weighted by Gasteiger charge is -2.43. The van der Waals surface area contributed by atoms with E-state index >= 15 is 0 Å². The van der Waals surface area contributed by atoms with E-state index in [0.717, 1.165) is 10.4 Å². The van der Waals surface area contributed by atoms with Crippen LogP contribution >= 0.6 is 0 Å². The van der Waals surface area contributed by atoms with E-state index in [0.29, 0.717) is 0 Å². The van der Waals surface area contributed by atoms with Crippen molar-refractivity contribution in [2.75, 3.05) is 6.61 Å². The molecule has 1 aliphatic rings. The summed E-state index contributed by atoms with van der Waals surface area (Å²) in [5.74, 6) is -0.793. The molecule has 3 atom stereocenters. The van der Waals surface area contributed by atoms with Gasteiger partial charge >= 0.3 is 5.97 Å². The van der Waals surface area contributed by atoms with Gasteiger partial charge in [0.15, 0.2) is 6.10 Å². The number of ether oxygens (including phenoxy) is 1. The summed E-state index contributed by atoms with van der Waals surface area (Å²) in [6.45, 7) is 6.44. The van der Waals surface area contributed by atoms with Gasteiger partial charge in [-0.1, -0.05) is 86.5 Å². The molecule has 2 aromatic carbocycles. The number of benzene rings is 2. The SMILES string of the molecule is CC(C)(C)[Si](OC[C@H]1OC(=O)[C@H](O)[C@@H]1N=[N+]=[N-])(c1ccccc1)c1ccccc1. The molecule has 1 saturated heterocycles. The van der Waals surface area contributed by atoms with Crippen LogP contribution in [-0.2, 0) is 14.0 Å². The third-order valence-electron chi connectivity index (χ3n) is 5.28. The Morgan fingerprint density at radius 3 is 2.07 bits per heavy atom. The molecule has 0 saturated carbocycles. The highest BCUT2D eigenvalue weighted by Crippen LogP contribution is 2.37. The van der Waals surface area contributed by atoms with Gasteiger partial charge in [0.05, 0.1) is 6.61 Å². The predicted molar refractivity (Wildman–Crippen MR) is 112 cm³/mol. The molecule has 7 nitrogen and oxygen atoms in total. The van der Waals surface area contributed by atoms with Gasteiger partial charge in [-0.05, 0) is 20.9 Å². The summed E-state index contributed by atoms with van der Waals surface area (Å²) in [7, 11) is -2.82. The number of carbonyl (C=O) groups is 1. The van der Waals surface area contributed by atoms with Gasteiger partial charge in [-0.15, -0.1) is 0 Å². The van der Waals surface area contributed by atoms with Crippen molar-refractivity contribution in [3.05, 3.63) is 71.1 Å². The summed E-state index contributed by atoms with van der Waals surface area (Å²) < 4.78 is 12.0. The van der Waals surface area contributed by atoms with Crippen molar-refractivity contribution in [2.45, 2.75) is 44.1 Å². The highest BCUT2D eigenvalue weighted by Gasteiger charge is 2.52. The molecule has 1 heterocycles. The first-order valence-corrected chi connectivity index (χ1v) is 11.4. The average Bonchev–Trinajstić information content (AvgIpc) is 2.97. The highest BCUT2D eigenvalue weighted by atomic mass is 28.4. The first-order chi connectivity index (χ1) is 13.8. The monoisotopic (exact) mass is 411 g/mol. The fraction of sp³-hybridized carbons (Fsp3) is 0.381. The van der Waals surface area contributed by atoms with Gasteiger partial charge in [-0.2, -0.15) is 0 Å². The van der Waals surface area contributed by atoms with Crippen LogP contribution in [0.4, 0.5) is 0 Å². The van der Waals surface area contributed by atoms with E-state index in [9.17, 15) is 9.90 Å². The molecule has 0 spiro atoms. The third-order valence-corrected chi connectivity index (χ3v) is 10.3. The van der Waals surface area contributed by atoms with Gasteiger partial charge < -0.3 is 14.3 Å². The number of azide groups is 1. The van der Waals surface area contributed by atoms with Crippen molar-refractivity contribution < 1.29 is 19.1 Å². The van der Waals surface area contributed by atoms with Crippen LogP contribution in [0.2, 0.25) is 5.04 Å². The second-order valence-corrected chi connectivity index (χ2v) is 12.4. The van der Waals surface area contributed by atoms with Crippen molar-refractivity contribution in [1.82, 2.24) is 0 Å². The van der Waals surface area contributed by atoms with Gasteiger partial charge in [0.25, 0.3) is 8.32 Å². The predicted octanol–water partition coefficient (Wildman–Crippen LogP) is 2.53. The van der Waals surface area contributed by atoms with Gasteiger partial charge in [0, 0.05) is 4.91 Å². The molecule has 29 heavy (non-hydrogen) atoms. The normalized spacial score (nSPS) is 22.1. The molecule has 2 aromatic rings. The summed E-state index contributed by atoms with van der Waals surface area (Å²) >= 11 is 0. The van der Waals surface area contributed by atoms with Gasteiger partial charge in [0.1, 0.15) is 12.1 Å². The largest absolute Gasteiger partial charge is 0.457 e. The molecule has 152 valence electrons. The number of rotatable bonds is 6. The molecule has 0 unspecified atom stereocenters. The molecule has 1 aliphatic heterocycles. The van der Waals surface area contributed by atoms with E-state index in [1.54, 1.807) is 0 Å². The second kappa shape index (κ2) is 8.38. The molecule has 0 bridgehead atoms. The highest BCUT2D eigenvalue weighted by molar-refractivity contribution is 6.99. The van der Waals surface area contributed by atoms with Gasteiger partial charge in [-0.3, -0.25) is 0 Å². The minimum Gasteiger partial charge on any atom is -0.457 e. The zero-order chi connectivity index (χ0) is 21.1. The molecular weight excluding hydrogens is 386 g/mol. The summed E-state index contributed by atoms with van der Waals surface area (Å²) in [5.41, 5.74) is 8.81. The number of hydrogen-bond donors (Lipinski definition) is 1. The lowest BCUT2D eigenvalue weighted by Crippen LogP contribution is -2.67. The van der Waals surface area contributed by atoms with Crippen molar-refractivity contribution in [2.24, 2.45) is 5.11 Å². The summed E-state index contributed by atoms with van der Waals surface area (Å²) in [4.78, 5) is 14.6. The zero-order valence-corrected chi connectivity index (χ0v) is 17.7. The quantitative estimate of drug-likeness (QED) is 0.259. The topological polar surface area (TPSA) is 105 Å². The summed E-state index contributed by atoms with van der Waals surface area (Å²) in [6, 6.07) is 19.1. The fourth-order valence-corrected chi connectivity index (χ4v) is 8.50. The Morgan fingerprint density at radius 2 is 1.62 bits per heavy atom. The van der Waals surface area contributed by atoms with Crippen LogP contribution in [0.1, 0.15) is 20.8 Å². The minimum absolute atomic E-state index is 0.0275. The van der Waals surface area contributed by atoms with E-state index in [1.165, 1.54) is 0 Å². The summed E-state index contributed by atoms with van der Waals surface area (Å²) in [6.07, 6.45) is -2.31.